The Labute approximate surface area is 93.7 Å². The predicted molar refractivity (Wildman–Crippen MR) is 60.1 cm³/mol. The fourth-order valence-corrected chi connectivity index (χ4v) is 2.01. The van der Waals surface area contributed by atoms with E-state index in [-0.39, 0.29) is 5.75 Å². The van der Waals surface area contributed by atoms with E-state index in [1.807, 2.05) is 13.1 Å². The van der Waals surface area contributed by atoms with Crippen LogP contribution in [0.2, 0.25) is 0 Å². The molecule has 0 saturated carbocycles. The molecule has 0 amide bonds. The first kappa shape index (κ1) is 12.1. The molecule has 0 aliphatic rings. The molecular formula is C10H16N2O2S. The molecule has 1 aromatic heterocycles. The Morgan fingerprint density at radius 2 is 2.33 bits per heavy atom. The van der Waals surface area contributed by atoms with Crippen molar-refractivity contribution in [2.24, 2.45) is 13.0 Å². The second kappa shape index (κ2) is 5.21. The van der Waals surface area contributed by atoms with Crippen molar-refractivity contribution in [3.05, 3.63) is 11.8 Å². The number of hydrogen-bond donors (Lipinski definition) is 1. The molecule has 4 nitrogen and oxygen atoms in total. The van der Waals surface area contributed by atoms with Crippen LogP contribution in [0.25, 0.3) is 0 Å². The molecule has 1 heterocycles. The zero-order valence-corrected chi connectivity index (χ0v) is 10.0. The van der Waals surface area contributed by atoms with Crippen LogP contribution in [-0.2, 0) is 18.3 Å². The summed E-state index contributed by atoms with van der Waals surface area (Å²) in [5.74, 6) is -0.149. The van der Waals surface area contributed by atoms with Gasteiger partial charge >= 0.3 is 5.97 Å². The summed E-state index contributed by atoms with van der Waals surface area (Å²) in [4.78, 5) is 10.4. The topological polar surface area (TPSA) is 55.1 Å². The van der Waals surface area contributed by atoms with Gasteiger partial charge in [0, 0.05) is 7.05 Å². The Morgan fingerprint density at radius 1 is 1.67 bits per heavy atom. The third kappa shape index (κ3) is 3.95. The molecule has 0 aliphatic heterocycles. The van der Waals surface area contributed by atoms with Gasteiger partial charge in [-0.1, -0.05) is 25.6 Å². The monoisotopic (exact) mass is 228 g/mol. The lowest BCUT2D eigenvalue weighted by molar-refractivity contribution is -0.133. The molecule has 0 aromatic carbocycles. The maximum absolute atomic E-state index is 10.4. The van der Waals surface area contributed by atoms with Crippen molar-refractivity contribution >= 4 is 17.7 Å². The van der Waals surface area contributed by atoms with E-state index in [9.17, 15) is 4.79 Å². The maximum Gasteiger partial charge on any atom is 0.313 e. The Bertz CT molecular complexity index is 347. The number of rotatable bonds is 5. The van der Waals surface area contributed by atoms with Gasteiger partial charge in [0.05, 0.1) is 16.5 Å². The van der Waals surface area contributed by atoms with Gasteiger partial charge in [0.1, 0.15) is 0 Å². The number of thioether (sulfide) groups is 1. The number of aryl methyl sites for hydroxylation is 1. The molecule has 0 saturated heterocycles. The quantitative estimate of drug-likeness (QED) is 0.781. The van der Waals surface area contributed by atoms with Crippen molar-refractivity contribution < 1.29 is 9.90 Å². The minimum atomic E-state index is -0.799. The van der Waals surface area contributed by atoms with Gasteiger partial charge in [0.2, 0.25) is 0 Å². The smallest absolute Gasteiger partial charge is 0.313 e. The minimum Gasteiger partial charge on any atom is -0.481 e. The summed E-state index contributed by atoms with van der Waals surface area (Å²) in [6, 6.07) is 1.97. The first-order valence-corrected chi connectivity index (χ1v) is 5.85. The van der Waals surface area contributed by atoms with Gasteiger partial charge < -0.3 is 5.11 Å². The van der Waals surface area contributed by atoms with Crippen LogP contribution in [-0.4, -0.2) is 26.6 Å². The number of hydrogen-bond acceptors (Lipinski definition) is 3. The molecule has 0 aliphatic carbocycles. The molecule has 1 aromatic rings. The van der Waals surface area contributed by atoms with E-state index < -0.39 is 5.97 Å². The molecule has 84 valence electrons. The van der Waals surface area contributed by atoms with Gasteiger partial charge in [-0.2, -0.15) is 5.10 Å². The molecule has 0 atom stereocenters. The van der Waals surface area contributed by atoms with Crippen LogP contribution in [0, 0.1) is 5.92 Å². The average molecular weight is 228 g/mol. The molecule has 1 rings (SSSR count). The van der Waals surface area contributed by atoms with E-state index in [0.29, 0.717) is 5.92 Å². The molecule has 5 heteroatoms. The third-order valence-electron chi connectivity index (χ3n) is 1.85. The lowest BCUT2D eigenvalue weighted by Crippen LogP contribution is -2.00. The van der Waals surface area contributed by atoms with Crippen LogP contribution in [0.15, 0.2) is 11.1 Å². The number of aromatic nitrogens is 2. The molecule has 1 N–H and O–H groups in total. The van der Waals surface area contributed by atoms with Crippen LogP contribution in [0.3, 0.4) is 0 Å². The number of carboxylic acid groups (broad SMARTS) is 1. The van der Waals surface area contributed by atoms with Gasteiger partial charge in [-0.3, -0.25) is 9.48 Å². The van der Waals surface area contributed by atoms with E-state index in [1.165, 1.54) is 11.8 Å². The highest BCUT2D eigenvalue weighted by Gasteiger charge is 2.08. The van der Waals surface area contributed by atoms with Crippen LogP contribution in [0.5, 0.6) is 0 Å². The minimum absolute atomic E-state index is 0.0840. The van der Waals surface area contributed by atoms with Crippen molar-refractivity contribution in [3.8, 4) is 0 Å². The summed E-state index contributed by atoms with van der Waals surface area (Å²) in [6.07, 6.45) is 0.932. The van der Waals surface area contributed by atoms with Crippen molar-refractivity contribution in [2.45, 2.75) is 25.3 Å². The number of carboxylic acids is 1. The largest absolute Gasteiger partial charge is 0.481 e. The highest BCUT2D eigenvalue weighted by molar-refractivity contribution is 7.99. The van der Waals surface area contributed by atoms with Gasteiger partial charge in [-0.05, 0) is 18.4 Å². The standard InChI is InChI=1S/C10H16N2O2S/c1-7(2)4-8-5-9(12(3)11-8)15-6-10(13)14/h5,7H,4,6H2,1-3H3,(H,13,14). The summed E-state index contributed by atoms with van der Waals surface area (Å²) in [5, 5.41) is 13.8. The van der Waals surface area contributed by atoms with Crippen molar-refractivity contribution in [1.82, 2.24) is 9.78 Å². The van der Waals surface area contributed by atoms with Crippen molar-refractivity contribution in [1.29, 1.82) is 0 Å². The normalized spacial score (nSPS) is 10.9. The zero-order valence-electron chi connectivity index (χ0n) is 9.23. The fourth-order valence-electron chi connectivity index (χ4n) is 1.30. The van der Waals surface area contributed by atoms with Crippen molar-refractivity contribution in [2.75, 3.05) is 5.75 Å². The van der Waals surface area contributed by atoms with Crippen LogP contribution in [0.4, 0.5) is 0 Å². The van der Waals surface area contributed by atoms with E-state index in [0.717, 1.165) is 17.1 Å². The van der Waals surface area contributed by atoms with Crippen LogP contribution in [0.1, 0.15) is 19.5 Å². The number of nitrogens with zero attached hydrogens (tertiary/aromatic N) is 2. The maximum atomic E-state index is 10.4. The molecule has 0 unspecified atom stereocenters. The molecule has 15 heavy (non-hydrogen) atoms. The average Bonchev–Trinajstić information content (AvgIpc) is 2.41. The summed E-state index contributed by atoms with van der Waals surface area (Å²) in [6.45, 7) is 4.28. The number of carbonyl (C=O) groups is 1. The van der Waals surface area contributed by atoms with E-state index in [4.69, 9.17) is 5.11 Å². The molecule has 0 bridgehead atoms. The van der Waals surface area contributed by atoms with Gasteiger partial charge in [0.15, 0.2) is 0 Å². The second-order valence-electron chi connectivity index (χ2n) is 3.88. The highest BCUT2D eigenvalue weighted by Crippen LogP contribution is 2.19. The van der Waals surface area contributed by atoms with E-state index >= 15 is 0 Å². The van der Waals surface area contributed by atoms with Crippen LogP contribution >= 0.6 is 11.8 Å². The van der Waals surface area contributed by atoms with E-state index in [2.05, 4.69) is 18.9 Å². The molecule has 0 fully saturated rings. The molecule has 0 radical (unpaired) electrons. The SMILES string of the molecule is CC(C)Cc1cc(SCC(=O)O)n(C)n1. The Hall–Kier alpha value is -0.970. The lowest BCUT2D eigenvalue weighted by Gasteiger charge is -1.98. The Kier molecular flexibility index (Phi) is 4.20. The number of aliphatic carboxylic acids is 1. The van der Waals surface area contributed by atoms with Gasteiger partial charge in [-0.15, -0.1) is 0 Å². The summed E-state index contributed by atoms with van der Waals surface area (Å²) in [7, 11) is 1.84. The van der Waals surface area contributed by atoms with Gasteiger partial charge in [-0.25, -0.2) is 0 Å². The first-order chi connectivity index (χ1) is 6.99. The Balaban J connectivity index is 2.64. The van der Waals surface area contributed by atoms with E-state index in [1.54, 1.807) is 4.68 Å². The Morgan fingerprint density at radius 3 is 2.87 bits per heavy atom. The van der Waals surface area contributed by atoms with Gasteiger partial charge in [0.25, 0.3) is 0 Å². The first-order valence-electron chi connectivity index (χ1n) is 4.86. The van der Waals surface area contributed by atoms with Crippen molar-refractivity contribution in [3.63, 3.8) is 0 Å². The molecular weight excluding hydrogens is 212 g/mol. The highest BCUT2D eigenvalue weighted by atomic mass is 32.2. The molecule has 0 spiro atoms. The second-order valence-corrected chi connectivity index (χ2v) is 4.87. The summed E-state index contributed by atoms with van der Waals surface area (Å²) >= 11 is 1.30. The lowest BCUT2D eigenvalue weighted by atomic mass is 10.1. The summed E-state index contributed by atoms with van der Waals surface area (Å²) in [5.41, 5.74) is 1.03. The predicted octanol–water partition coefficient (Wildman–Crippen LogP) is 1.80. The van der Waals surface area contributed by atoms with Crippen LogP contribution < -0.4 is 0 Å². The fraction of sp³-hybridized carbons (Fsp3) is 0.600. The third-order valence-corrected chi connectivity index (χ3v) is 2.92. The summed E-state index contributed by atoms with van der Waals surface area (Å²) < 4.78 is 1.74. The zero-order chi connectivity index (χ0) is 11.4.